The van der Waals surface area contributed by atoms with Crippen molar-refractivity contribution in [2.75, 3.05) is 0 Å². The summed E-state index contributed by atoms with van der Waals surface area (Å²) in [5.41, 5.74) is 0.791. The molecule has 3 nitrogen and oxygen atoms in total. The van der Waals surface area contributed by atoms with Crippen molar-refractivity contribution in [1.82, 2.24) is 9.55 Å². The summed E-state index contributed by atoms with van der Waals surface area (Å²) in [6.07, 6.45) is 2.81. The fraction of sp³-hybridized carbons (Fsp3) is 0.250. The molecule has 1 atom stereocenters. The summed E-state index contributed by atoms with van der Waals surface area (Å²) in [7, 11) is 0. The number of halogens is 2. The van der Waals surface area contributed by atoms with Gasteiger partial charge >= 0.3 is 0 Å². The van der Waals surface area contributed by atoms with Crippen LogP contribution in [0.25, 0.3) is 0 Å². The summed E-state index contributed by atoms with van der Waals surface area (Å²) in [6, 6.07) is 5.48. The van der Waals surface area contributed by atoms with Crippen LogP contribution in [0.3, 0.4) is 0 Å². The zero-order valence-electron chi connectivity index (χ0n) is 9.27. The highest BCUT2D eigenvalue weighted by Gasteiger charge is 2.18. The van der Waals surface area contributed by atoms with Crippen molar-refractivity contribution in [2.24, 2.45) is 0 Å². The predicted molar refractivity (Wildman–Crippen MR) is 76.1 cm³/mol. The molecule has 0 aliphatic rings. The van der Waals surface area contributed by atoms with Gasteiger partial charge in [0.15, 0.2) is 0 Å². The summed E-state index contributed by atoms with van der Waals surface area (Å²) in [4.78, 5) is 4.20. The van der Waals surface area contributed by atoms with Crippen LogP contribution in [-0.2, 0) is 6.54 Å². The number of aromatic nitrogens is 2. The first-order valence-electron chi connectivity index (χ1n) is 5.27. The molecular formula is C12H12ClIN2O. The first-order chi connectivity index (χ1) is 8.13. The number of nitrogens with zero attached hydrogens (tertiary/aromatic N) is 2. The number of aliphatic hydroxyl groups excluding tert-OH is 1. The second-order valence-corrected chi connectivity index (χ2v) is 5.24. The third kappa shape index (κ3) is 2.64. The van der Waals surface area contributed by atoms with E-state index in [4.69, 9.17) is 11.6 Å². The summed E-state index contributed by atoms with van der Waals surface area (Å²) >= 11 is 8.14. The van der Waals surface area contributed by atoms with Gasteiger partial charge in [-0.15, -0.1) is 0 Å². The molecule has 1 aromatic carbocycles. The largest absolute Gasteiger partial charge is 0.380 e. The van der Waals surface area contributed by atoms with Crippen LogP contribution in [0.15, 0.2) is 30.6 Å². The van der Waals surface area contributed by atoms with Crippen LogP contribution in [0, 0.1) is 3.57 Å². The van der Waals surface area contributed by atoms with E-state index in [1.165, 1.54) is 0 Å². The molecule has 1 heterocycles. The van der Waals surface area contributed by atoms with E-state index in [9.17, 15) is 5.11 Å². The number of imidazole rings is 1. The number of aryl methyl sites for hydroxylation is 1. The Balaban J connectivity index is 2.43. The number of benzene rings is 1. The summed E-state index contributed by atoms with van der Waals surface area (Å²) in [6.45, 7) is 2.80. The molecule has 17 heavy (non-hydrogen) atoms. The van der Waals surface area contributed by atoms with Crippen molar-refractivity contribution in [2.45, 2.75) is 19.6 Å². The fourth-order valence-corrected chi connectivity index (χ4v) is 2.51. The number of hydrogen-bond donors (Lipinski definition) is 1. The number of hydrogen-bond acceptors (Lipinski definition) is 2. The molecule has 5 heteroatoms. The van der Waals surface area contributed by atoms with Gasteiger partial charge in [0.25, 0.3) is 0 Å². The maximum absolute atomic E-state index is 10.4. The zero-order valence-corrected chi connectivity index (χ0v) is 12.2. The molecular weight excluding hydrogens is 351 g/mol. The Labute approximate surface area is 119 Å². The molecule has 1 aromatic heterocycles. The predicted octanol–water partition coefficient (Wildman–Crippen LogP) is 3.24. The molecule has 0 fully saturated rings. The monoisotopic (exact) mass is 362 g/mol. The van der Waals surface area contributed by atoms with E-state index in [0.717, 1.165) is 15.7 Å². The van der Waals surface area contributed by atoms with E-state index in [1.54, 1.807) is 12.3 Å². The van der Waals surface area contributed by atoms with Gasteiger partial charge in [-0.3, -0.25) is 0 Å². The van der Waals surface area contributed by atoms with Crippen LogP contribution in [0.1, 0.15) is 24.4 Å². The quantitative estimate of drug-likeness (QED) is 0.851. The first kappa shape index (κ1) is 12.9. The summed E-state index contributed by atoms with van der Waals surface area (Å²) < 4.78 is 2.90. The third-order valence-corrected chi connectivity index (χ3v) is 3.80. The third-order valence-electron chi connectivity index (χ3n) is 2.59. The highest BCUT2D eigenvalue weighted by molar-refractivity contribution is 14.1. The van der Waals surface area contributed by atoms with E-state index in [2.05, 4.69) is 27.6 Å². The molecule has 2 rings (SSSR count). The number of aliphatic hydroxyl groups is 1. The van der Waals surface area contributed by atoms with Gasteiger partial charge in [-0.05, 0) is 47.7 Å². The maximum Gasteiger partial charge on any atom is 0.142 e. The van der Waals surface area contributed by atoms with Crippen molar-refractivity contribution in [3.63, 3.8) is 0 Å². The Morgan fingerprint density at radius 2 is 2.29 bits per heavy atom. The van der Waals surface area contributed by atoms with Crippen LogP contribution in [-0.4, -0.2) is 14.7 Å². The average Bonchev–Trinajstić information content (AvgIpc) is 2.79. The van der Waals surface area contributed by atoms with Crippen LogP contribution in [0.5, 0.6) is 0 Å². The molecule has 0 bridgehead atoms. The van der Waals surface area contributed by atoms with E-state index in [0.29, 0.717) is 10.8 Å². The van der Waals surface area contributed by atoms with Crippen LogP contribution in [0.2, 0.25) is 5.02 Å². The van der Waals surface area contributed by atoms with Gasteiger partial charge < -0.3 is 9.67 Å². The maximum atomic E-state index is 10.4. The van der Waals surface area contributed by atoms with Crippen molar-refractivity contribution in [3.8, 4) is 0 Å². The Kier molecular flexibility index (Phi) is 4.06. The molecule has 90 valence electrons. The van der Waals surface area contributed by atoms with Crippen LogP contribution >= 0.6 is 34.2 Å². The lowest BCUT2D eigenvalue weighted by Crippen LogP contribution is -2.10. The second kappa shape index (κ2) is 5.37. The number of rotatable bonds is 3. The smallest absolute Gasteiger partial charge is 0.142 e. The van der Waals surface area contributed by atoms with Crippen molar-refractivity contribution in [3.05, 3.63) is 50.6 Å². The Hall–Kier alpha value is -0.590. The van der Waals surface area contributed by atoms with Gasteiger partial charge in [0, 0.05) is 33.1 Å². The summed E-state index contributed by atoms with van der Waals surface area (Å²) in [5.74, 6) is 0.646. The zero-order chi connectivity index (χ0) is 12.4. The van der Waals surface area contributed by atoms with Crippen molar-refractivity contribution < 1.29 is 5.11 Å². The first-order valence-corrected chi connectivity index (χ1v) is 6.73. The van der Waals surface area contributed by atoms with Gasteiger partial charge in [0.05, 0.1) is 0 Å². The molecule has 0 radical (unpaired) electrons. The lowest BCUT2D eigenvalue weighted by Gasteiger charge is -2.14. The van der Waals surface area contributed by atoms with Gasteiger partial charge in [-0.2, -0.15) is 0 Å². The fourth-order valence-electron chi connectivity index (χ4n) is 1.70. The van der Waals surface area contributed by atoms with Gasteiger partial charge in [-0.25, -0.2) is 4.98 Å². The molecule has 2 aromatic rings. The van der Waals surface area contributed by atoms with Gasteiger partial charge in [0.2, 0.25) is 0 Å². The van der Waals surface area contributed by atoms with E-state index in [1.807, 2.05) is 29.8 Å². The molecule has 0 spiro atoms. The van der Waals surface area contributed by atoms with Crippen LogP contribution in [0.4, 0.5) is 0 Å². The van der Waals surface area contributed by atoms with Gasteiger partial charge in [0.1, 0.15) is 11.9 Å². The molecule has 0 aliphatic carbocycles. The van der Waals surface area contributed by atoms with Crippen molar-refractivity contribution in [1.29, 1.82) is 0 Å². The average molecular weight is 363 g/mol. The van der Waals surface area contributed by atoms with E-state index in [-0.39, 0.29) is 0 Å². The minimum atomic E-state index is -0.740. The van der Waals surface area contributed by atoms with Gasteiger partial charge in [-0.1, -0.05) is 11.6 Å². The van der Waals surface area contributed by atoms with E-state index < -0.39 is 6.10 Å². The minimum Gasteiger partial charge on any atom is -0.380 e. The van der Waals surface area contributed by atoms with Crippen LogP contribution < -0.4 is 0 Å². The highest BCUT2D eigenvalue weighted by Crippen LogP contribution is 2.27. The SMILES string of the molecule is CCn1ccnc1C(O)c1cc(Cl)ccc1I. The Morgan fingerprint density at radius 1 is 1.53 bits per heavy atom. The lowest BCUT2D eigenvalue weighted by atomic mass is 10.1. The molecule has 0 aliphatic heterocycles. The topological polar surface area (TPSA) is 38.0 Å². The van der Waals surface area contributed by atoms with E-state index >= 15 is 0 Å². The normalized spacial score (nSPS) is 12.7. The summed E-state index contributed by atoms with van der Waals surface area (Å²) in [5, 5.41) is 11.0. The van der Waals surface area contributed by atoms with Crippen molar-refractivity contribution >= 4 is 34.2 Å². The molecule has 0 saturated heterocycles. The minimum absolute atomic E-state index is 0.620. The molecule has 1 N–H and O–H groups in total. The highest BCUT2D eigenvalue weighted by atomic mass is 127. The second-order valence-electron chi connectivity index (χ2n) is 3.64. The Morgan fingerprint density at radius 3 is 3.00 bits per heavy atom. The Bertz CT molecular complexity index is 527. The standard InChI is InChI=1S/C12H12ClIN2O/c1-2-16-6-5-15-12(16)11(17)9-7-8(13)3-4-10(9)14/h3-7,11,17H,2H2,1H3. The molecule has 1 unspecified atom stereocenters. The lowest BCUT2D eigenvalue weighted by molar-refractivity contribution is 0.204. The molecule has 0 saturated carbocycles. The molecule has 0 amide bonds.